The lowest BCUT2D eigenvalue weighted by atomic mass is 10.2. The number of hydrogen-bond acceptors (Lipinski definition) is 6. The van der Waals surface area contributed by atoms with E-state index < -0.39 is 11.9 Å². The van der Waals surface area contributed by atoms with Gasteiger partial charge in [0.1, 0.15) is 11.5 Å². The van der Waals surface area contributed by atoms with E-state index in [0.717, 1.165) is 0 Å². The van der Waals surface area contributed by atoms with Crippen LogP contribution in [0.3, 0.4) is 0 Å². The Hall–Kier alpha value is -3.10. The highest BCUT2D eigenvalue weighted by Crippen LogP contribution is 2.27. The summed E-state index contributed by atoms with van der Waals surface area (Å²) in [7, 11) is 0. The number of nitrogens with zero attached hydrogens (tertiary/aromatic N) is 1. The maximum atomic E-state index is 11.9. The van der Waals surface area contributed by atoms with Gasteiger partial charge in [0, 0.05) is 5.02 Å². The molecular weight excluding hydrogens is 464 g/mol. The van der Waals surface area contributed by atoms with Gasteiger partial charge >= 0.3 is 5.97 Å². The van der Waals surface area contributed by atoms with Crippen LogP contribution in [0.1, 0.15) is 16.1 Å². The largest absolute Gasteiger partial charge is 0.483 e. The Bertz CT molecular complexity index is 1040. The first kappa shape index (κ1) is 20.6. The fourth-order valence-electron chi connectivity index (χ4n) is 2.16. The second-order valence-electron chi connectivity index (χ2n) is 5.60. The van der Waals surface area contributed by atoms with Crippen molar-refractivity contribution in [2.75, 3.05) is 6.61 Å². The van der Waals surface area contributed by atoms with E-state index in [2.05, 4.69) is 26.5 Å². The molecule has 0 unspecified atom stereocenters. The molecule has 0 saturated heterocycles. The fourth-order valence-corrected chi connectivity index (χ4v) is 2.95. The van der Waals surface area contributed by atoms with Crippen molar-refractivity contribution in [3.05, 3.63) is 81.7 Å². The molecule has 0 aliphatic heterocycles. The summed E-state index contributed by atoms with van der Waals surface area (Å²) in [5.41, 5.74) is 2.98. The molecule has 0 spiro atoms. The van der Waals surface area contributed by atoms with Gasteiger partial charge in [0.25, 0.3) is 5.91 Å². The second kappa shape index (κ2) is 9.90. The molecule has 1 amide bonds. The van der Waals surface area contributed by atoms with E-state index in [1.165, 1.54) is 18.5 Å². The number of halogens is 2. The molecular formula is C20H14BrClN2O5. The molecule has 2 aromatic carbocycles. The SMILES string of the molecule is O=C(COc1ccc(Cl)cc1Br)NN=Cc1cccc(OC(=O)c2ccco2)c1. The highest BCUT2D eigenvalue weighted by Gasteiger charge is 2.11. The van der Waals surface area contributed by atoms with Gasteiger partial charge in [-0.25, -0.2) is 10.2 Å². The van der Waals surface area contributed by atoms with Gasteiger partial charge in [-0.15, -0.1) is 0 Å². The van der Waals surface area contributed by atoms with Crippen molar-refractivity contribution >= 4 is 45.6 Å². The first-order valence-corrected chi connectivity index (χ1v) is 9.44. The predicted octanol–water partition coefficient (Wildman–Crippen LogP) is 4.44. The summed E-state index contributed by atoms with van der Waals surface area (Å²) >= 11 is 9.16. The number of carbonyl (C=O) groups excluding carboxylic acids is 2. The Morgan fingerprint density at radius 2 is 2.03 bits per heavy atom. The van der Waals surface area contributed by atoms with Gasteiger partial charge in [-0.05, 0) is 64.0 Å². The number of rotatable bonds is 7. The number of hydrazone groups is 1. The lowest BCUT2D eigenvalue weighted by Crippen LogP contribution is -2.24. The molecule has 0 aliphatic carbocycles. The monoisotopic (exact) mass is 476 g/mol. The average molecular weight is 478 g/mol. The smallest absolute Gasteiger partial charge is 0.379 e. The topological polar surface area (TPSA) is 90.1 Å². The molecule has 7 nitrogen and oxygen atoms in total. The zero-order valence-corrected chi connectivity index (χ0v) is 17.1. The van der Waals surface area contributed by atoms with Crippen LogP contribution in [-0.4, -0.2) is 24.7 Å². The van der Waals surface area contributed by atoms with Crippen LogP contribution in [0.4, 0.5) is 0 Å². The normalized spacial score (nSPS) is 10.7. The molecule has 0 radical (unpaired) electrons. The molecule has 0 atom stereocenters. The van der Waals surface area contributed by atoms with E-state index in [4.69, 9.17) is 25.5 Å². The maximum absolute atomic E-state index is 11.9. The highest BCUT2D eigenvalue weighted by atomic mass is 79.9. The van der Waals surface area contributed by atoms with Crippen LogP contribution in [0.15, 0.2) is 74.9 Å². The molecule has 3 rings (SSSR count). The number of esters is 1. The van der Waals surface area contributed by atoms with Crippen molar-refractivity contribution in [1.82, 2.24) is 5.43 Å². The lowest BCUT2D eigenvalue weighted by Gasteiger charge is -2.07. The molecule has 3 aromatic rings. The molecule has 1 N–H and O–H groups in total. The van der Waals surface area contributed by atoms with Gasteiger partial charge in [-0.1, -0.05) is 23.7 Å². The van der Waals surface area contributed by atoms with E-state index in [9.17, 15) is 9.59 Å². The molecule has 0 fully saturated rings. The lowest BCUT2D eigenvalue weighted by molar-refractivity contribution is -0.123. The van der Waals surface area contributed by atoms with Crippen LogP contribution < -0.4 is 14.9 Å². The zero-order valence-electron chi connectivity index (χ0n) is 14.8. The quantitative estimate of drug-likeness (QED) is 0.235. The van der Waals surface area contributed by atoms with Gasteiger partial charge in [-0.3, -0.25) is 4.79 Å². The van der Waals surface area contributed by atoms with Crippen molar-refractivity contribution < 1.29 is 23.5 Å². The number of benzene rings is 2. The maximum Gasteiger partial charge on any atom is 0.379 e. The van der Waals surface area contributed by atoms with Crippen molar-refractivity contribution in [2.45, 2.75) is 0 Å². The van der Waals surface area contributed by atoms with Crippen LogP contribution >= 0.6 is 27.5 Å². The summed E-state index contributed by atoms with van der Waals surface area (Å²) in [4.78, 5) is 23.7. The molecule has 0 saturated carbocycles. The number of carbonyl (C=O) groups is 2. The fraction of sp³-hybridized carbons (Fsp3) is 0.0500. The first-order valence-electron chi connectivity index (χ1n) is 8.27. The predicted molar refractivity (Wildman–Crippen MR) is 110 cm³/mol. The van der Waals surface area contributed by atoms with Gasteiger partial charge in [-0.2, -0.15) is 5.10 Å². The van der Waals surface area contributed by atoms with Crippen LogP contribution in [0, 0.1) is 0 Å². The summed E-state index contributed by atoms with van der Waals surface area (Å²) < 4.78 is 16.2. The number of nitrogens with one attached hydrogen (secondary N) is 1. The minimum atomic E-state index is -0.608. The minimum absolute atomic E-state index is 0.101. The van der Waals surface area contributed by atoms with Gasteiger partial charge in [0.2, 0.25) is 5.76 Å². The Balaban J connectivity index is 1.50. The molecule has 148 valence electrons. The van der Waals surface area contributed by atoms with Crippen molar-refractivity contribution in [2.24, 2.45) is 5.10 Å². The summed E-state index contributed by atoms with van der Waals surface area (Å²) in [5.74, 6) is -0.146. The number of ether oxygens (including phenoxy) is 2. The zero-order chi connectivity index (χ0) is 20.6. The third kappa shape index (κ3) is 6.20. The third-order valence-corrected chi connectivity index (χ3v) is 4.30. The first-order chi connectivity index (χ1) is 14.0. The molecule has 29 heavy (non-hydrogen) atoms. The molecule has 0 bridgehead atoms. The van der Waals surface area contributed by atoms with Gasteiger partial charge in [0.15, 0.2) is 6.61 Å². The Morgan fingerprint density at radius 3 is 2.79 bits per heavy atom. The van der Waals surface area contributed by atoms with E-state index in [0.29, 0.717) is 26.6 Å². The third-order valence-electron chi connectivity index (χ3n) is 3.45. The van der Waals surface area contributed by atoms with Gasteiger partial charge < -0.3 is 13.9 Å². The summed E-state index contributed by atoms with van der Waals surface area (Å²) in [6.45, 7) is -0.224. The average Bonchev–Trinajstić information content (AvgIpc) is 3.23. The van der Waals surface area contributed by atoms with E-state index in [1.54, 1.807) is 48.5 Å². The number of hydrogen-bond donors (Lipinski definition) is 1. The molecule has 1 aromatic heterocycles. The van der Waals surface area contributed by atoms with Crippen molar-refractivity contribution in [1.29, 1.82) is 0 Å². The van der Waals surface area contributed by atoms with Crippen molar-refractivity contribution in [3.63, 3.8) is 0 Å². The molecule has 9 heteroatoms. The van der Waals surface area contributed by atoms with E-state index >= 15 is 0 Å². The van der Waals surface area contributed by atoms with E-state index in [-0.39, 0.29) is 12.4 Å². The molecule has 1 heterocycles. The van der Waals surface area contributed by atoms with E-state index in [1.807, 2.05) is 0 Å². The van der Waals surface area contributed by atoms with Crippen molar-refractivity contribution in [3.8, 4) is 11.5 Å². The van der Waals surface area contributed by atoms with Crippen LogP contribution in [0.25, 0.3) is 0 Å². The minimum Gasteiger partial charge on any atom is -0.483 e. The summed E-state index contributed by atoms with van der Waals surface area (Å²) in [5, 5.41) is 4.42. The second-order valence-corrected chi connectivity index (χ2v) is 6.89. The number of amides is 1. The molecule has 0 aliphatic rings. The van der Waals surface area contributed by atoms with Crippen LogP contribution in [0.2, 0.25) is 5.02 Å². The number of furan rings is 1. The standard InChI is InChI=1S/C20H14BrClN2O5/c21-16-10-14(22)6-7-17(16)28-12-19(25)24-23-11-13-3-1-4-15(9-13)29-20(26)18-5-2-8-27-18/h1-11H,12H2,(H,24,25). The van der Waals surface area contributed by atoms with Crippen LogP contribution in [-0.2, 0) is 4.79 Å². The summed E-state index contributed by atoms with van der Waals surface area (Å²) in [6.07, 6.45) is 2.80. The highest BCUT2D eigenvalue weighted by molar-refractivity contribution is 9.10. The Morgan fingerprint density at radius 1 is 1.17 bits per heavy atom. The van der Waals surface area contributed by atoms with Gasteiger partial charge in [0.05, 0.1) is 17.0 Å². The Labute approximate surface area is 179 Å². The van der Waals surface area contributed by atoms with Crippen LogP contribution in [0.5, 0.6) is 11.5 Å². The summed E-state index contributed by atoms with van der Waals surface area (Å²) in [6, 6.07) is 14.7. The Kier molecular flexibility index (Phi) is 7.04.